The monoisotopic (exact) mass is 233 g/mol. The van der Waals surface area contributed by atoms with E-state index in [-0.39, 0.29) is 0 Å². The van der Waals surface area contributed by atoms with Crippen LogP contribution in [0.3, 0.4) is 0 Å². The number of aromatic nitrogens is 2. The van der Waals surface area contributed by atoms with Crippen molar-refractivity contribution < 1.29 is 0 Å². The zero-order valence-corrected chi connectivity index (χ0v) is 10.3. The molecule has 16 heavy (non-hydrogen) atoms. The molecule has 0 aliphatic carbocycles. The summed E-state index contributed by atoms with van der Waals surface area (Å²) in [4.78, 5) is 10.2. The van der Waals surface area contributed by atoms with E-state index < -0.39 is 0 Å². The Morgan fingerprint density at radius 1 is 1.38 bits per heavy atom. The van der Waals surface area contributed by atoms with Gasteiger partial charge in [0.25, 0.3) is 0 Å². The number of aryl methyl sites for hydroxylation is 1. The molecule has 0 saturated carbocycles. The van der Waals surface area contributed by atoms with Crippen LogP contribution in [0.5, 0.6) is 0 Å². The van der Waals surface area contributed by atoms with Crippen molar-refractivity contribution in [3.63, 3.8) is 0 Å². The topological polar surface area (TPSA) is 37.8 Å². The molecule has 84 valence electrons. The molecule has 0 radical (unpaired) electrons. The molecule has 3 nitrogen and oxygen atoms in total. The highest BCUT2D eigenvalue weighted by molar-refractivity contribution is 7.13. The summed E-state index contributed by atoms with van der Waals surface area (Å²) in [7, 11) is 1.89. The Morgan fingerprint density at radius 3 is 2.88 bits per heavy atom. The van der Waals surface area contributed by atoms with Crippen LogP contribution in [-0.4, -0.2) is 17.0 Å². The third kappa shape index (κ3) is 2.39. The van der Waals surface area contributed by atoms with Crippen LogP contribution in [0.4, 0.5) is 5.82 Å². The average molecular weight is 233 g/mol. The minimum atomic E-state index is 0.824. The van der Waals surface area contributed by atoms with Crippen LogP contribution in [0, 0.1) is 0 Å². The predicted molar refractivity (Wildman–Crippen MR) is 68.9 cm³/mol. The highest BCUT2D eigenvalue weighted by Crippen LogP contribution is 2.23. The number of hydrogen-bond acceptors (Lipinski definition) is 4. The lowest BCUT2D eigenvalue weighted by molar-refractivity contribution is 0.876. The molecule has 0 aliphatic rings. The third-order valence-corrected chi connectivity index (χ3v) is 3.15. The number of rotatable bonds is 4. The molecular weight excluding hydrogens is 218 g/mol. The van der Waals surface area contributed by atoms with Crippen LogP contribution in [0.25, 0.3) is 10.7 Å². The fourth-order valence-corrected chi connectivity index (χ4v) is 2.18. The van der Waals surface area contributed by atoms with Crippen molar-refractivity contribution in [2.45, 2.75) is 19.8 Å². The Labute approximate surface area is 99.6 Å². The summed E-state index contributed by atoms with van der Waals surface area (Å²) in [6.45, 7) is 2.16. The summed E-state index contributed by atoms with van der Waals surface area (Å²) in [6, 6.07) is 6.09. The zero-order valence-electron chi connectivity index (χ0n) is 9.53. The van der Waals surface area contributed by atoms with Crippen molar-refractivity contribution in [2.24, 2.45) is 0 Å². The van der Waals surface area contributed by atoms with Crippen LogP contribution in [-0.2, 0) is 6.42 Å². The highest BCUT2D eigenvalue weighted by atomic mass is 32.1. The van der Waals surface area contributed by atoms with Gasteiger partial charge in [0.15, 0.2) is 5.82 Å². The van der Waals surface area contributed by atoms with Crippen molar-refractivity contribution in [1.29, 1.82) is 0 Å². The van der Waals surface area contributed by atoms with E-state index in [0.717, 1.165) is 35.1 Å². The maximum Gasteiger partial charge on any atom is 0.171 e. The van der Waals surface area contributed by atoms with Gasteiger partial charge in [-0.1, -0.05) is 19.4 Å². The van der Waals surface area contributed by atoms with Crippen molar-refractivity contribution in [2.75, 3.05) is 12.4 Å². The quantitative estimate of drug-likeness (QED) is 0.881. The van der Waals surface area contributed by atoms with E-state index in [1.54, 1.807) is 11.3 Å². The summed E-state index contributed by atoms with van der Waals surface area (Å²) in [6.07, 6.45) is 2.10. The van der Waals surface area contributed by atoms with Crippen LogP contribution in [0.1, 0.15) is 19.0 Å². The lowest BCUT2D eigenvalue weighted by Crippen LogP contribution is -2.00. The molecule has 0 aromatic carbocycles. The Hall–Kier alpha value is -1.42. The molecule has 2 aromatic heterocycles. The third-order valence-electron chi connectivity index (χ3n) is 2.28. The van der Waals surface area contributed by atoms with E-state index >= 15 is 0 Å². The number of nitrogens with one attached hydrogen (secondary N) is 1. The molecule has 0 saturated heterocycles. The summed E-state index contributed by atoms with van der Waals surface area (Å²) in [5.41, 5.74) is 1.10. The van der Waals surface area contributed by atoms with Gasteiger partial charge in [0.1, 0.15) is 5.82 Å². The molecule has 0 unspecified atom stereocenters. The maximum atomic E-state index is 4.57. The van der Waals surface area contributed by atoms with Crippen molar-refractivity contribution in [1.82, 2.24) is 9.97 Å². The number of nitrogens with zero attached hydrogens (tertiary/aromatic N) is 2. The van der Waals surface area contributed by atoms with E-state index in [4.69, 9.17) is 0 Å². The lowest BCUT2D eigenvalue weighted by atomic mass is 10.2. The number of thiophene rings is 1. The van der Waals surface area contributed by atoms with Gasteiger partial charge in [-0.05, 0) is 17.9 Å². The largest absolute Gasteiger partial charge is 0.373 e. The molecule has 2 aromatic rings. The van der Waals surface area contributed by atoms with Gasteiger partial charge in [-0.2, -0.15) is 0 Å². The van der Waals surface area contributed by atoms with Crippen LogP contribution in [0.2, 0.25) is 0 Å². The predicted octanol–water partition coefficient (Wildman–Crippen LogP) is 3.20. The average Bonchev–Trinajstić information content (AvgIpc) is 2.82. The lowest BCUT2D eigenvalue weighted by Gasteiger charge is -2.05. The molecule has 1 N–H and O–H groups in total. The normalized spacial score (nSPS) is 10.4. The highest BCUT2D eigenvalue weighted by Gasteiger charge is 2.06. The van der Waals surface area contributed by atoms with E-state index in [0.29, 0.717) is 0 Å². The first-order valence-corrected chi connectivity index (χ1v) is 6.31. The minimum absolute atomic E-state index is 0.824. The fourth-order valence-electron chi connectivity index (χ4n) is 1.53. The Balaban J connectivity index is 2.41. The van der Waals surface area contributed by atoms with Gasteiger partial charge < -0.3 is 5.32 Å². The maximum absolute atomic E-state index is 4.57. The van der Waals surface area contributed by atoms with Gasteiger partial charge in [0.05, 0.1) is 4.88 Å². The fraction of sp³-hybridized carbons (Fsp3) is 0.333. The number of anilines is 1. The first kappa shape index (κ1) is 11.1. The molecule has 2 heterocycles. The second-order valence-electron chi connectivity index (χ2n) is 3.55. The van der Waals surface area contributed by atoms with E-state index in [9.17, 15) is 0 Å². The summed E-state index contributed by atoms with van der Waals surface area (Å²) in [5, 5.41) is 5.13. The van der Waals surface area contributed by atoms with Gasteiger partial charge in [-0.25, -0.2) is 9.97 Å². The van der Waals surface area contributed by atoms with Crippen LogP contribution < -0.4 is 5.32 Å². The van der Waals surface area contributed by atoms with Crippen molar-refractivity contribution in [3.8, 4) is 10.7 Å². The number of hydrogen-bond donors (Lipinski definition) is 1. The summed E-state index contributed by atoms with van der Waals surface area (Å²) in [5.74, 6) is 1.71. The molecule has 2 rings (SSSR count). The molecule has 0 spiro atoms. The molecule has 0 aliphatic heterocycles. The Kier molecular flexibility index (Phi) is 3.51. The summed E-state index contributed by atoms with van der Waals surface area (Å²) < 4.78 is 0. The van der Waals surface area contributed by atoms with Gasteiger partial charge in [0.2, 0.25) is 0 Å². The Morgan fingerprint density at radius 2 is 2.25 bits per heavy atom. The van der Waals surface area contributed by atoms with Gasteiger partial charge in [-0.3, -0.25) is 0 Å². The Bertz CT molecular complexity index is 451. The van der Waals surface area contributed by atoms with E-state index in [2.05, 4.69) is 28.3 Å². The zero-order chi connectivity index (χ0) is 11.4. The standard InChI is InChI=1S/C12H15N3S/c1-3-5-9-8-11(13-2)15-12(14-9)10-6-4-7-16-10/h4,6-8H,3,5H2,1-2H3,(H,13,14,15). The van der Waals surface area contributed by atoms with E-state index in [1.807, 2.05) is 24.6 Å². The van der Waals surface area contributed by atoms with Crippen molar-refractivity contribution >= 4 is 17.2 Å². The smallest absolute Gasteiger partial charge is 0.171 e. The van der Waals surface area contributed by atoms with Gasteiger partial charge >= 0.3 is 0 Å². The first-order chi connectivity index (χ1) is 7.83. The second kappa shape index (κ2) is 5.07. The minimum Gasteiger partial charge on any atom is -0.373 e. The molecular formula is C12H15N3S. The van der Waals surface area contributed by atoms with E-state index in [1.165, 1.54) is 0 Å². The van der Waals surface area contributed by atoms with Gasteiger partial charge in [0, 0.05) is 18.8 Å². The molecule has 0 bridgehead atoms. The molecule has 4 heteroatoms. The molecule has 0 fully saturated rings. The second-order valence-corrected chi connectivity index (χ2v) is 4.49. The molecule has 0 amide bonds. The van der Waals surface area contributed by atoms with Gasteiger partial charge in [-0.15, -0.1) is 11.3 Å². The first-order valence-electron chi connectivity index (χ1n) is 5.43. The SMILES string of the molecule is CCCc1cc(NC)nc(-c2cccs2)n1. The van der Waals surface area contributed by atoms with Crippen LogP contribution in [0.15, 0.2) is 23.6 Å². The molecule has 0 atom stereocenters. The summed E-state index contributed by atoms with van der Waals surface area (Å²) >= 11 is 1.67. The van der Waals surface area contributed by atoms with Crippen LogP contribution >= 0.6 is 11.3 Å². The van der Waals surface area contributed by atoms with Crippen molar-refractivity contribution in [3.05, 3.63) is 29.3 Å².